The van der Waals surface area contributed by atoms with E-state index in [1.807, 2.05) is 0 Å². The quantitative estimate of drug-likeness (QED) is 0.361. The number of benzene rings is 2. The van der Waals surface area contributed by atoms with Crippen molar-refractivity contribution in [2.45, 2.75) is 44.2 Å². The molecule has 0 saturated heterocycles. The summed E-state index contributed by atoms with van der Waals surface area (Å²) in [6, 6.07) is 11.2. The molecule has 3 rings (SSSR count). The van der Waals surface area contributed by atoms with Crippen molar-refractivity contribution in [1.29, 1.82) is 0 Å². The SMILES string of the molecule is COc1cccc(-c2c(-c3ccc(F)cc3)nc(C(F)(F)F)n2CC[C@@H](O)C[C@@H](O)CC(=O)O)c1. The molecule has 11 heteroatoms. The summed E-state index contributed by atoms with van der Waals surface area (Å²) in [6.07, 6.45) is -8.59. The van der Waals surface area contributed by atoms with Crippen molar-refractivity contribution in [2.24, 2.45) is 0 Å². The molecule has 1 heterocycles. The first-order valence-corrected chi connectivity index (χ1v) is 10.7. The Morgan fingerprint density at radius 3 is 2.37 bits per heavy atom. The van der Waals surface area contributed by atoms with Gasteiger partial charge in [0.2, 0.25) is 5.82 Å². The maximum atomic E-state index is 14.0. The number of aromatic nitrogens is 2. The lowest BCUT2D eigenvalue weighted by Crippen LogP contribution is -2.23. The molecular weight excluding hydrogens is 472 g/mol. The van der Waals surface area contributed by atoms with E-state index in [2.05, 4.69) is 4.98 Å². The van der Waals surface area contributed by atoms with Crippen LogP contribution in [0.4, 0.5) is 17.6 Å². The molecule has 0 aliphatic rings. The lowest BCUT2D eigenvalue weighted by Gasteiger charge is -2.18. The fourth-order valence-corrected chi connectivity index (χ4v) is 3.75. The first-order valence-electron chi connectivity index (χ1n) is 10.7. The molecule has 0 aliphatic heterocycles. The molecule has 2 atom stereocenters. The summed E-state index contributed by atoms with van der Waals surface area (Å²) in [7, 11) is 1.41. The van der Waals surface area contributed by atoms with Crippen LogP contribution in [0.5, 0.6) is 5.75 Å². The number of methoxy groups -OCH3 is 1. The normalized spacial score (nSPS) is 13.5. The van der Waals surface area contributed by atoms with Crippen LogP contribution in [0.15, 0.2) is 48.5 Å². The highest BCUT2D eigenvalue weighted by molar-refractivity contribution is 5.80. The lowest BCUT2D eigenvalue weighted by molar-refractivity contribution is -0.147. The van der Waals surface area contributed by atoms with E-state index in [0.717, 1.165) is 16.7 Å². The number of aliphatic carboxylic acids is 1. The van der Waals surface area contributed by atoms with Crippen molar-refractivity contribution in [3.63, 3.8) is 0 Å². The van der Waals surface area contributed by atoms with E-state index >= 15 is 0 Å². The van der Waals surface area contributed by atoms with Crippen LogP contribution in [-0.2, 0) is 17.5 Å². The van der Waals surface area contributed by atoms with Crippen molar-refractivity contribution in [2.75, 3.05) is 7.11 Å². The number of halogens is 4. The zero-order chi connectivity index (χ0) is 25.8. The summed E-state index contributed by atoms with van der Waals surface area (Å²) in [5.41, 5.74) is 0.657. The zero-order valence-electron chi connectivity index (χ0n) is 18.7. The molecule has 0 bridgehead atoms. The number of rotatable bonds is 10. The molecule has 7 nitrogen and oxygen atoms in total. The van der Waals surface area contributed by atoms with Gasteiger partial charge in [-0.1, -0.05) is 12.1 Å². The Bertz CT molecular complexity index is 1160. The predicted octanol–water partition coefficient (Wildman–Crippen LogP) is 4.36. The average Bonchev–Trinajstić information content (AvgIpc) is 3.17. The number of carbonyl (C=O) groups is 1. The molecule has 0 aliphatic carbocycles. The van der Waals surface area contributed by atoms with Crippen LogP contribution in [0, 0.1) is 5.82 Å². The van der Waals surface area contributed by atoms with Gasteiger partial charge in [0.15, 0.2) is 0 Å². The molecule has 0 saturated carbocycles. The minimum Gasteiger partial charge on any atom is -0.497 e. The molecule has 0 fully saturated rings. The maximum absolute atomic E-state index is 14.0. The number of ether oxygens (including phenoxy) is 1. The fourth-order valence-electron chi connectivity index (χ4n) is 3.75. The van der Waals surface area contributed by atoms with Crippen LogP contribution >= 0.6 is 0 Å². The minimum absolute atomic E-state index is 0.0361. The van der Waals surface area contributed by atoms with Gasteiger partial charge >= 0.3 is 12.1 Å². The predicted molar refractivity (Wildman–Crippen MR) is 118 cm³/mol. The molecule has 188 valence electrons. The highest BCUT2D eigenvalue weighted by atomic mass is 19.4. The van der Waals surface area contributed by atoms with Crippen molar-refractivity contribution in [3.8, 4) is 28.3 Å². The van der Waals surface area contributed by atoms with Crippen LogP contribution in [-0.4, -0.2) is 50.2 Å². The molecule has 3 N–H and O–H groups in total. The van der Waals surface area contributed by atoms with E-state index in [-0.39, 0.29) is 36.3 Å². The third-order valence-electron chi connectivity index (χ3n) is 5.32. The Balaban J connectivity index is 2.09. The van der Waals surface area contributed by atoms with E-state index in [0.29, 0.717) is 11.3 Å². The second-order valence-electron chi connectivity index (χ2n) is 7.95. The molecule has 0 spiro atoms. The summed E-state index contributed by atoms with van der Waals surface area (Å²) in [4.78, 5) is 14.6. The van der Waals surface area contributed by atoms with Gasteiger partial charge in [0.1, 0.15) is 11.6 Å². The Kier molecular flexibility index (Phi) is 8.13. The number of aliphatic hydroxyl groups excluding tert-OH is 2. The van der Waals surface area contributed by atoms with Gasteiger partial charge in [0.05, 0.1) is 37.1 Å². The summed E-state index contributed by atoms with van der Waals surface area (Å²) in [5.74, 6) is -2.64. The van der Waals surface area contributed by atoms with Gasteiger partial charge in [0.25, 0.3) is 0 Å². The third-order valence-corrected chi connectivity index (χ3v) is 5.32. The zero-order valence-corrected chi connectivity index (χ0v) is 18.7. The number of carboxylic acids is 1. The number of nitrogens with zero attached hydrogens (tertiary/aromatic N) is 2. The largest absolute Gasteiger partial charge is 0.497 e. The third kappa shape index (κ3) is 6.58. The number of hydrogen-bond donors (Lipinski definition) is 3. The monoisotopic (exact) mass is 496 g/mol. The number of aliphatic hydroxyl groups is 2. The Hall–Kier alpha value is -3.44. The lowest BCUT2D eigenvalue weighted by atomic mass is 10.0. The number of imidazole rings is 1. The molecule has 35 heavy (non-hydrogen) atoms. The van der Waals surface area contributed by atoms with Crippen LogP contribution in [0.1, 0.15) is 25.1 Å². The molecule has 0 amide bonds. The Morgan fingerprint density at radius 1 is 1.09 bits per heavy atom. The van der Waals surface area contributed by atoms with Crippen LogP contribution in [0.2, 0.25) is 0 Å². The molecular formula is C24H24F4N2O5. The van der Waals surface area contributed by atoms with Gasteiger partial charge in [-0.2, -0.15) is 13.2 Å². The minimum atomic E-state index is -4.85. The van der Waals surface area contributed by atoms with Crippen LogP contribution in [0.3, 0.4) is 0 Å². The topological polar surface area (TPSA) is 105 Å². The molecule has 2 aromatic carbocycles. The van der Waals surface area contributed by atoms with Gasteiger partial charge in [-0.3, -0.25) is 4.79 Å². The molecule has 3 aromatic rings. The van der Waals surface area contributed by atoms with E-state index in [9.17, 15) is 32.6 Å². The van der Waals surface area contributed by atoms with E-state index in [1.165, 1.54) is 25.3 Å². The standard InChI is InChI=1S/C24H24F4N2O5/c1-35-19-4-2-3-15(11-19)22-21(14-5-7-16(25)8-6-14)29-23(24(26,27)28)30(22)10-9-17(31)12-18(32)13-20(33)34/h2-8,11,17-18,31-32H,9-10,12-13H2,1H3,(H,33,34)/t17-,18-/m1/s1. The second-order valence-corrected chi connectivity index (χ2v) is 7.95. The van der Waals surface area contributed by atoms with Crippen molar-refractivity contribution in [1.82, 2.24) is 9.55 Å². The first kappa shape index (κ1) is 26.2. The van der Waals surface area contributed by atoms with Gasteiger partial charge < -0.3 is 24.6 Å². The highest BCUT2D eigenvalue weighted by Crippen LogP contribution is 2.39. The molecule has 0 unspecified atom stereocenters. The highest BCUT2D eigenvalue weighted by Gasteiger charge is 2.39. The van der Waals surface area contributed by atoms with Crippen molar-refractivity contribution >= 4 is 5.97 Å². The summed E-state index contributed by atoms with van der Waals surface area (Å²) in [6.45, 7) is -0.337. The van der Waals surface area contributed by atoms with Gasteiger partial charge in [-0.25, -0.2) is 9.37 Å². The Morgan fingerprint density at radius 2 is 1.77 bits per heavy atom. The number of alkyl halides is 3. The van der Waals surface area contributed by atoms with E-state index < -0.39 is 42.4 Å². The van der Waals surface area contributed by atoms with Crippen LogP contribution in [0.25, 0.3) is 22.5 Å². The number of hydrogen-bond acceptors (Lipinski definition) is 5. The van der Waals surface area contributed by atoms with Crippen molar-refractivity contribution < 1.29 is 42.4 Å². The fraction of sp³-hybridized carbons (Fsp3) is 0.333. The van der Waals surface area contributed by atoms with E-state index in [4.69, 9.17) is 9.84 Å². The summed E-state index contributed by atoms with van der Waals surface area (Å²) >= 11 is 0. The average molecular weight is 496 g/mol. The molecule has 0 radical (unpaired) electrons. The van der Waals surface area contributed by atoms with Gasteiger partial charge in [-0.05, 0) is 49.2 Å². The maximum Gasteiger partial charge on any atom is 0.449 e. The molecule has 1 aromatic heterocycles. The van der Waals surface area contributed by atoms with Gasteiger partial charge in [-0.15, -0.1) is 0 Å². The number of carboxylic acid groups (broad SMARTS) is 1. The van der Waals surface area contributed by atoms with Crippen molar-refractivity contribution in [3.05, 3.63) is 60.2 Å². The van der Waals surface area contributed by atoms with Crippen LogP contribution < -0.4 is 4.74 Å². The summed E-state index contributed by atoms with van der Waals surface area (Å²) in [5, 5.41) is 28.8. The Labute approximate surface area is 198 Å². The van der Waals surface area contributed by atoms with Gasteiger partial charge in [0, 0.05) is 17.7 Å². The first-order chi connectivity index (χ1) is 16.5. The smallest absolute Gasteiger partial charge is 0.449 e. The van der Waals surface area contributed by atoms with E-state index in [1.54, 1.807) is 18.2 Å². The summed E-state index contributed by atoms with van der Waals surface area (Å²) < 4.78 is 61.7. The second kappa shape index (κ2) is 10.9.